The molecule has 0 bridgehead atoms. The molecule has 0 aromatic carbocycles. The van der Waals surface area contributed by atoms with Crippen LogP contribution in [0.25, 0.3) is 11.0 Å². The SMILES string of the molecule is COC(=O)/C(C)=C\CO[C@H]1C[C@H](CCc2ccc3cccnc3n2)C1. The van der Waals surface area contributed by atoms with Gasteiger partial charge in [-0.1, -0.05) is 0 Å². The maximum atomic E-state index is 11.3. The molecule has 0 spiro atoms. The number of carbonyl (C=O) groups is 1. The lowest BCUT2D eigenvalue weighted by molar-refractivity contribution is -0.136. The molecule has 2 aromatic rings. The minimum absolute atomic E-state index is 0.299. The molecule has 1 aliphatic rings. The maximum absolute atomic E-state index is 11.3. The van der Waals surface area contributed by atoms with E-state index in [9.17, 15) is 4.79 Å². The molecular weight excluding hydrogens is 316 g/mol. The van der Waals surface area contributed by atoms with E-state index in [1.54, 1.807) is 19.2 Å². The van der Waals surface area contributed by atoms with Gasteiger partial charge in [-0.25, -0.2) is 14.8 Å². The Hall–Kier alpha value is -2.27. The minimum atomic E-state index is -0.299. The molecule has 0 aliphatic heterocycles. The summed E-state index contributed by atoms with van der Waals surface area (Å²) in [5.74, 6) is 0.393. The topological polar surface area (TPSA) is 61.3 Å². The quantitative estimate of drug-likeness (QED) is 0.570. The number of methoxy groups -OCH3 is 1. The lowest BCUT2D eigenvalue weighted by atomic mass is 9.79. The molecule has 2 aromatic heterocycles. The lowest BCUT2D eigenvalue weighted by Gasteiger charge is -2.35. The number of carbonyl (C=O) groups excluding carboxylic acids is 1. The van der Waals surface area contributed by atoms with Crippen molar-refractivity contribution in [3.8, 4) is 0 Å². The maximum Gasteiger partial charge on any atom is 0.333 e. The molecule has 25 heavy (non-hydrogen) atoms. The number of ether oxygens (including phenoxy) is 2. The van der Waals surface area contributed by atoms with Gasteiger partial charge in [0.2, 0.25) is 0 Å². The van der Waals surface area contributed by atoms with Gasteiger partial charge in [0.25, 0.3) is 0 Å². The molecule has 1 fully saturated rings. The molecule has 0 unspecified atom stereocenters. The number of hydrogen-bond acceptors (Lipinski definition) is 5. The van der Waals surface area contributed by atoms with Crippen molar-refractivity contribution in [2.45, 2.75) is 38.7 Å². The van der Waals surface area contributed by atoms with E-state index in [1.807, 2.05) is 12.1 Å². The van der Waals surface area contributed by atoms with Gasteiger partial charge in [-0.3, -0.25) is 0 Å². The molecule has 0 N–H and O–H groups in total. The van der Waals surface area contributed by atoms with Crippen LogP contribution < -0.4 is 0 Å². The Morgan fingerprint density at radius 1 is 1.32 bits per heavy atom. The summed E-state index contributed by atoms with van der Waals surface area (Å²) in [5.41, 5.74) is 2.52. The first-order valence-electron chi connectivity index (χ1n) is 8.73. The monoisotopic (exact) mass is 340 g/mol. The summed E-state index contributed by atoms with van der Waals surface area (Å²) in [6.07, 6.45) is 8.13. The van der Waals surface area contributed by atoms with E-state index in [0.29, 0.717) is 24.2 Å². The zero-order valence-electron chi connectivity index (χ0n) is 14.8. The van der Waals surface area contributed by atoms with Crippen molar-refractivity contribution in [2.24, 2.45) is 5.92 Å². The van der Waals surface area contributed by atoms with Gasteiger partial charge in [0.1, 0.15) is 0 Å². The molecule has 0 amide bonds. The number of nitrogens with zero attached hydrogens (tertiary/aromatic N) is 2. The van der Waals surface area contributed by atoms with Crippen LogP contribution in [0.15, 0.2) is 42.1 Å². The Balaban J connectivity index is 1.38. The van der Waals surface area contributed by atoms with Crippen molar-refractivity contribution in [3.05, 3.63) is 47.8 Å². The fraction of sp³-hybridized carbons (Fsp3) is 0.450. The standard InChI is InChI=1S/C20H24N2O3/c1-14(20(23)24-2)9-11-25-18-12-15(13-18)5-7-17-8-6-16-4-3-10-21-19(16)22-17/h3-4,6,8-10,15,18H,5,7,11-13H2,1-2H3/b14-9-/t15-,18-. The van der Waals surface area contributed by atoms with Crippen LogP contribution >= 0.6 is 0 Å². The van der Waals surface area contributed by atoms with Gasteiger partial charge in [-0.05, 0) is 68.9 Å². The van der Waals surface area contributed by atoms with Crippen molar-refractivity contribution >= 4 is 17.0 Å². The van der Waals surface area contributed by atoms with Gasteiger partial charge in [-0.2, -0.15) is 0 Å². The third-order valence-corrected chi connectivity index (χ3v) is 4.75. The number of fused-ring (bicyclic) bond motifs is 1. The van der Waals surface area contributed by atoms with Crippen molar-refractivity contribution in [1.82, 2.24) is 9.97 Å². The number of rotatable bonds is 7. The van der Waals surface area contributed by atoms with Gasteiger partial charge in [0, 0.05) is 22.9 Å². The highest BCUT2D eigenvalue weighted by atomic mass is 16.5. The Labute approximate surface area is 148 Å². The molecule has 0 saturated heterocycles. The number of esters is 1. The molecule has 1 aliphatic carbocycles. The highest BCUT2D eigenvalue weighted by molar-refractivity contribution is 5.87. The van der Waals surface area contributed by atoms with Gasteiger partial charge < -0.3 is 9.47 Å². The van der Waals surface area contributed by atoms with E-state index in [-0.39, 0.29) is 5.97 Å². The second-order valence-corrected chi connectivity index (χ2v) is 6.56. The number of aryl methyl sites for hydroxylation is 1. The Bertz CT molecular complexity index is 766. The summed E-state index contributed by atoms with van der Waals surface area (Å²) in [6.45, 7) is 2.21. The van der Waals surface area contributed by atoms with E-state index < -0.39 is 0 Å². The predicted octanol–water partition coefficient (Wildman–Crippen LogP) is 3.48. The first kappa shape index (κ1) is 17.5. The second kappa shape index (κ2) is 8.21. The number of hydrogen-bond donors (Lipinski definition) is 0. The number of aromatic nitrogens is 2. The third kappa shape index (κ3) is 4.63. The first-order valence-corrected chi connectivity index (χ1v) is 8.73. The van der Waals surface area contributed by atoms with Gasteiger partial charge in [-0.15, -0.1) is 0 Å². The molecule has 0 radical (unpaired) electrons. The van der Waals surface area contributed by atoms with Crippen LogP contribution in [-0.2, 0) is 20.7 Å². The zero-order valence-corrected chi connectivity index (χ0v) is 14.8. The Morgan fingerprint density at radius 3 is 2.96 bits per heavy atom. The van der Waals surface area contributed by atoms with Crippen molar-refractivity contribution < 1.29 is 14.3 Å². The fourth-order valence-electron chi connectivity index (χ4n) is 3.08. The van der Waals surface area contributed by atoms with E-state index in [4.69, 9.17) is 4.74 Å². The van der Waals surface area contributed by atoms with Crippen LogP contribution in [0.2, 0.25) is 0 Å². The van der Waals surface area contributed by atoms with Crippen molar-refractivity contribution in [1.29, 1.82) is 0 Å². The van der Waals surface area contributed by atoms with Crippen molar-refractivity contribution in [3.63, 3.8) is 0 Å². The van der Waals surface area contributed by atoms with Crippen LogP contribution in [0.5, 0.6) is 0 Å². The summed E-state index contributed by atoms with van der Waals surface area (Å²) in [7, 11) is 1.39. The highest BCUT2D eigenvalue weighted by Crippen LogP contribution is 2.33. The normalized spacial score (nSPS) is 20.3. The minimum Gasteiger partial charge on any atom is -0.466 e. The average Bonchev–Trinajstić information content (AvgIpc) is 2.61. The van der Waals surface area contributed by atoms with E-state index >= 15 is 0 Å². The zero-order chi connectivity index (χ0) is 17.6. The van der Waals surface area contributed by atoms with Gasteiger partial charge in [0.05, 0.1) is 19.8 Å². The van der Waals surface area contributed by atoms with E-state index in [0.717, 1.165) is 42.4 Å². The number of pyridine rings is 2. The molecule has 3 rings (SSSR count). The highest BCUT2D eigenvalue weighted by Gasteiger charge is 2.29. The van der Waals surface area contributed by atoms with Crippen LogP contribution in [-0.4, -0.2) is 35.8 Å². The molecule has 1 saturated carbocycles. The smallest absolute Gasteiger partial charge is 0.333 e. The first-order chi connectivity index (χ1) is 12.2. The summed E-state index contributed by atoms with van der Waals surface area (Å²) in [6, 6.07) is 8.15. The van der Waals surface area contributed by atoms with E-state index in [2.05, 4.69) is 26.8 Å². The molecule has 5 heteroatoms. The third-order valence-electron chi connectivity index (χ3n) is 4.75. The van der Waals surface area contributed by atoms with Crippen LogP contribution in [0, 0.1) is 5.92 Å². The van der Waals surface area contributed by atoms with Crippen molar-refractivity contribution in [2.75, 3.05) is 13.7 Å². The predicted molar refractivity (Wildman–Crippen MR) is 96.1 cm³/mol. The second-order valence-electron chi connectivity index (χ2n) is 6.56. The Kier molecular flexibility index (Phi) is 5.76. The molecule has 0 atom stereocenters. The van der Waals surface area contributed by atoms with E-state index in [1.165, 1.54) is 7.11 Å². The molecular formula is C20H24N2O3. The molecule has 2 heterocycles. The summed E-state index contributed by atoms with van der Waals surface area (Å²) >= 11 is 0. The summed E-state index contributed by atoms with van der Waals surface area (Å²) in [4.78, 5) is 20.2. The van der Waals surface area contributed by atoms with Crippen LogP contribution in [0.1, 0.15) is 31.9 Å². The van der Waals surface area contributed by atoms with Gasteiger partial charge in [0.15, 0.2) is 5.65 Å². The van der Waals surface area contributed by atoms with Gasteiger partial charge >= 0.3 is 5.97 Å². The van der Waals surface area contributed by atoms with Crippen LogP contribution in [0.3, 0.4) is 0 Å². The Morgan fingerprint density at radius 2 is 2.16 bits per heavy atom. The largest absolute Gasteiger partial charge is 0.466 e. The molecule has 5 nitrogen and oxygen atoms in total. The lowest BCUT2D eigenvalue weighted by Crippen LogP contribution is -2.31. The average molecular weight is 340 g/mol. The molecule has 132 valence electrons. The summed E-state index contributed by atoms with van der Waals surface area (Å²) in [5, 5.41) is 1.08. The van der Waals surface area contributed by atoms with Crippen LogP contribution in [0.4, 0.5) is 0 Å². The summed E-state index contributed by atoms with van der Waals surface area (Å²) < 4.78 is 10.4. The fourth-order valence-corrected chi connectivity index (χ4v) is 3.08.